The minimum absolute atomic E-state index is 0.161. The van der Waals surface area contributed by atoms with Gasteiger partial charge in [0.25, 0.3) is 0 Å². The molecule has 0 radical (unpaired) electrons. The maximum absolute atomic E-state index is 2.77. The Balaban J connectivity index is 1.56. The van der Waals surface area contributed by atoms with Gasteiger partial charge in [-0.1, -0.05) is 130 Å². The fraction of sp³-hybridized carbons (Fsp3) is 0.318. The number of aryl methyl sites for hydroxylation is 1. The van der Waals surface area contributed by atoms with Gasteiger partial charge in [0, 0.05) is 11.3 Å². The van der Waals surface area contributed by atoms with Crippen LogP contribution < -0.4 is 0 Å². The lowest BCUT2D eigenvalue weighted by atomic mass is 9.64. The van der Waals surface area contributed by atoms with Gasteiger partial charge in [-0.05, 0) is 123 Å². The molecular formula is C44H44. The molecule has 0 N–H and O–H groups in total. The average molecular weight is 573 g/mol. The molecule has 0 saturated heterocycles. The zero-order chi connectivity index (χ0) is 30.2. The second kappa shape index (κ2) is 10.3. The van der Waals surface area contributed by atoms with E-state index in [0.717, 1.165) is 6.42 Å². The molecule has 5 aromatic rings. The summed E-state index contributed by atoms with van der Waals surface area (Å²) in [5, 5.41) is 5.68. The third-order valence-corrected chi connectivity index (χ3v) is 11.6. The minimum atomic E-state index is -0.161. The van der Waals surface area contributed by atoms with Gasteiger partial charge in [-0.15, -0.1) is 0 Å². The van der Waals surface area contributed by atoms with Crippen molar-refractivity contribution in [3.05, 3.63) is 142 Å². The lowest BCUT2D eigenvalue weighted by molar-refractivity contribution is 0.491. The van der Waals surface area contributed by atoms with E-state index in [0.29, 0.717) is 11.8 Å². The molecular weight excluding hydrogens is 528 g/mol. The Morgan fingerprint density at radius 1 is 0.705 bits per heavy atom. The van der Waals surface area contributed by atoms with Crippen LogP contribution in [0, 0.1) is 18.8 Å². The molecule has 220 valence electrons. The SMILES string of the molecule is CCC(CC)C1=CC2(CC(C(CC)CC)=C1)c1ccc3cccc4c3c1-c1c(cc3cc(C)ccc3c12)C4c1ccccc1. The molecule has 0 amide bonds. The number of allylic oxidation sites excluding steroid dienone is 4. The first-order chi connectivity index (χ1) is 21.5. The van der Waals surface area contributed by atoms with Gasteiger partial charge >= 0.3 is 0 Å². The molecule has 0 aromatic heterocycles. The van der Waals surface area contributed by atoms with Crippen molar-refractivity contribution in [2.24, 2.45) is 11.8 Å². The summed E-state index contributed by atoms with van der Waals surface area (Å²) in [7, 11) is 0. The molecule has 1 spiro atoms. The molecule has 0 aliphatic heterocycles. The van der Waals surface area contributed by atoms with Gasteiger partial charge in [0.2, 0.25) is 0 Å². The van der Waals surface area contributed by atoms with Crippen LogP contribution in [0.2, 0.25) is 0 Å². The van der Waals surface area contributed by atoms with Gasteiger partial charge in [-0.3, -0.25) is 0 Å². The Kier molecular flexibility index (Phi) is 6.49. The van der Waals surface area contributed by atoms with Crippen molar-refractivity contribution in [3.8, 4) is 11.1 Å². The fourth-order valence-electron chi connectivity index (χ4n) is 9.46. The topological polar surface area (TPSA) is 0 Å². The molecule has 44 heavy (non-hydrogen) atoms. The van der Waals surface area contributed by atoms with Gasteiger partial charge in [-0.25, -0.2) is 0 Å². The van der Waals surface area contributed by atoms with Crippen LogP contribution in [-0.2, 0) is 5.41 Å². The highest BCUT2D eigenvalue weighted by Crippen LogP contribution is 2.64. The van der Waals surface area contributed by atoms with Crippen molar-refractivity contribution >= 4 is 21.5 Å². The summed E-state index contributed by atoms with van der Waals surface area (Å²) in [5.74, 6) is 1.42. The first-order valence-corrected chi connectivity index (χ1v) is 17.1. The molecule has 5 aromatic carbocycles. The van der Waals surface area contributed by atoms with Crippen LogP contribution in [0.1, 0.15) is 99.1 Å². The van der Waals surface area contributed by atoms with Crippen LogP contribution >= 0.6 is 0 Å². The molecule has 0 nitrogen and oxygen atoms in total. The van der Waals surface area contributed by atoms with Gasteiger partial charge in [0.05, 0.1) is 0 Å². The Bertz CT molecular complexity index is 1990. The minimum Gasteiger partial charge on any atom is -0.0657 e. The third kappa shape index (κ3) is 3.76. The lowest BCUT2D eigenvalue weighted by Crippen LogP contribution is -2.29. The summed E-state index contributed by atoms with van der Waals surface area (Å²) in [6, 6.07) is 33.0. The highest BCUT2D eigenvalue weighted by molar-refractivity contribution is 6.12. The number of rotatable bonds is 7. The molecule has 0 heterocycles. The zero-order valence-electron chi connectivity index (χ0n) is 27.0. The number of fused-ring (bicyclic) bond motifs is 4. The quantitative estimate of drug-likeness (QED) is 0.178. The number of hydrogen-bond acceptors (Lipinski definition) is 0. The van der Waals surface area contributed by atoms with Crippen molar-refractivity contribution in [3.63, 3.8) is 0 Å². The predicted octanol–water partition coefficient (Wildman–Crippen LogP) is 12.2. The smallest absolute Gasteiger partial charge is 0.0443 e. The van der Waals surface area contributed by atoms with Crippen molar-refractivity contribution in [2.45, 2.75) is 78.1 Å². The van der Waals surface area contributed by atoms with Crippen molar-refractivity contribution in [1.82, 2.24) is 0 Å². The van der Waals surface area contributed by atoms with Gasteiger partial charge < -0.3 is 0 Å². The molecule has 0 saturated carbocycles. The standard InChI is InChI=1S/C44H44/c1-6-28(7-2)33-23-34(29(8-3)9-4)26-44(25-33)38-21-19-31-16-13-17-36-39(30-14-11-10-12-15-30)37-24-32-22-27(5)18-20-35(32)43(44)41(37)42(38)40(31)36/h10-25,28-29,39H,6-9,26H2,1-5H3. The zero-order valence-corrected chi connectivity index (χ0v) is 27.0. The van der Waals surface area contributed by atoms with E-state index in [1.54, 1.807) is 16.7 Å². The predicted molar refractivity (Wildman–Crippen MR) is 189 cm³/mol. The molecule has 2 unspecified atom stereocenters. The molecule has 2 atom stereocenters. The molecule has 3 aliphatic rings. The summed E-state index contributed by atoms with van der Waals surface area (Å²) < 4.78 is 0. The van der Waals surface area contributed by atoms with E-state index < -0.39 is 0 Å². The summed E-state index contributed by atoms with van der Waals surface area (Å²) >= 11 is 0. The second-order valence-electron chi connectivity index (χ2n) is 13.8. The largest absolute Gasteiger partial charge is 0.0657 e. The maximum atomic E-state index is 2.77. The Morgan fingerprint density at radius 2 is 1.48 bits per heavy atom. The lowest BCUT2D eigenvalue weighted by Gasteiger charge is -2.38. The first-order valence-electron chi connectivity index (χ1n) is 17.1. The van der Waals surface area contributed by atoms with E-state index in [1.807, 2.05) is 0 Å². The summed E-state index contributed by atoms with van der Waals surface area (Å²) in [5.41, 5.74) is 14.9. The maximum Gasteiger partial charge on any atom is 0.0443 e. The summed E-state index contributed by atoms with van der Waals surface area (Å²) in [6.07, 6.45) is 11.3. The van der Waals surface area contributed by atoms with E-state index in [1.165, 1.54) is 86.2 Å². The highest BCUT2D eigenvalue weighted by Gasteiger charge is 2.49. The van der Waals surface area contributed by atoms with E-state index in [9.17, 15) is 0 Å². The highest BCUT2D eigenvalue weighted by atomic mass is 14.5. The molecule has 0 fully saturated rings. The van der Waals surface area contributed by atoms with E-state index in [4.69, 9.17) is 0 Å². The fourth-order valence-corrected chi connectivity index (χ4v) is 9.46. The van der Waals surface area contributed by atoms with Crippen LogP contribution in [0.25, 0.3) is 32.7 Å². The molecule has 0 bridgehead atoms. The second-order valence-corrected chi connectivity index (χ2v) is 13.8. The Labute approximate surface area is 263 Å². The Hall–Kier alpha value is -3.90. The van der Waals surface area contributed by atoms with E-state index >= 15 is 0 Å². The van der Waals surface area contributed by atoms with E-state index in [2.05, 4.69) is 132 Å². The van der Waals surface area contributed by atoms with Gasteiger partial charge in [0.15, 0.2) is 0 Å². The van der Waals surface area contributed by atoms with E-state index in [-0.39, 0.29) is 11.3 Å². The first kappa shape index (κ1) is 27.6. The van der Waals surface area contributed by atoms with Crippen LogP contribution in [-0.4, -0.2) is 0 Å². The number of hydrogen-bond donors (Lipinski definition) is 0. The van der Waals surface area contributed by atoms with Crippen molar-refractivity contribution in [1.29, 1.82) is 0 Å². The normalized spacial score (nSPS) is 19.8. The average Bonchev–Trinajstić information content (AvgIpc) is 3.32. The van der Waals surface area contributed by atoms with Crippen LogP contribution in [0.3, 0.4) is 0 Å². The number of benzene rings is 5. The molecule has 3 aliphatic carbocycles. The van der Waals surface area contributed by atoms with Crippen molar-refractivity contribution < 1.29 is 0 Å². The summed E-state index contributed by atoms with van der Waals surface area (Å²) in [6.45, 7) is 11.8. The monoisotopic (exact) mass is 572 g/mol. The van der Waals surface area contributed by atoms with Gasteiger partial charge in [-0.2, -0.15) is 0 Å². The molecule has 0 heteroatoms. The van der Waals surface area contributed by atoms with Crippen LogP contribution in [0.4, 0.5) is 0 Å². The third-order valence-electron chi connectivity index (χ3n) is 11.6. The van der Waals surface area contributed by atoms with Crippen LogP contribution in [0.15, 0.2) is 108 Å². The Morgan fingerprint density at radius 3 is 2.23 bits per heavy atom. The summed E-state index contributed by atoms with van der Waals surface area (Å²) in [4.78, 5) is 0. The van der Waals surface area contributed by atoms with Crippen LogP contribution in [0.5, 0.6) is 0 Å². The van der Waals surface area contributed by atoms with Gasteiger partial charge in [0.1, 0.15) is 0 Å². The van der Waals surface area contributed by atoms with Crippen molar-refractivity contribution in [2.75, 3.05) is 0 Å². The molecule has 8 rings (SSSR count).